The van der Waals surface area contributed by atoms with Crippen LogP contribution in [0.15, 0.2) is 60.8 Å². The number of carboxylic acid groups (broad SMARTS) is 1. The van der Waals surface area contributed by atoms with Crippen molar-refractivity contribution in [1.29, 1.82) is 0 Å². The van der Waals surface area contributed by atoms with Crippen molar-refractivity contribution in [3.8, 4) is 16.9 Å². The van der Waals surface area contributed by atoms with Crippen molar-refractivity contribution in [2.75, 3.05) is 7.11 Å². The monoisotopic (exact) mass is 322 g/mol. The Hall–Kier alpha value is -3.41. The number of benzene rings is 2. The molecule has 1 N–H and O–H groups in total. The van der Waals surface area contributed by atoms with Crippen LogP contribution in [-0.4, -0.2) is 33.9 Å². The molecule has 0 amide bonds. The van der Waals surface area contributed by atoms with Gasteiger partial charge in [0.25, 0.3) is 0 Å². The summed E-state index contributed by atoms with van der Waals surface area (Å²) in [5.74, 6) is -1.48. The Morgan fingerprint density at radius 3 is 2.29 bits per heavy atom. The Morgan fingerprint density at radius 1 is 1.04 bits per heavy atom. The van der Waals surface area contributed by atoms with Crippen LogP contribution in [0.4, 0.5) is 0 Å². The standard InChI is InChI=1S/C18H14N2O4/c1-24-18(23)13-7-9-14(10-8-13)20-11-15(17(21)22)16(19-20)12-5-3-2-4-6-12/h2-11H,1H3,(H,21,22). The minimum Gasteiger partial charge on any atom is -0.478 e. The fraction of sp³-hybridized carbons (Fsp3) is 0.0556. The van der Waals surface area contributed by atoms with Crippen LogP contribution in [0.1, 0.15) is 20.7 Å². The number of aromatic carboxylic acids is 1. The lowest BCUT2D eigenvalue weighted by atomic mass is 10.1. The zero-order chi connectivity index (χ0) is 17.1. The average molecular weight is 322 g/mol. The molecular weight excluding hydrogens is 308 g/mol. The highest BCUT2D eigenvalue weighted by molar-refractivity contribution is 5.94. The molecule has 0 radical (unpaired) electrons. The summed E-state index contributed by atoms with van der Waals surface area (Å²) in [7, 11) is 1.31. The minimum absolute atomic E-state index is 0.109. The van der Waals surface area contributed by atoms with Crippen LogP contribution >= 0.6 is 0 Å². The zero-order valence-electron chi connectivity index (χ0n) is 12.8. The van der Waals surface area contributed by atoms with Crippen LogP contribution in [0.3, 0.4) is 0 Å². The molecule has 0 aliphatic rings. The quantitative estimate of drug-likeness (QED) is 0.747. The molecule has 3 rings (SSSR count). The molecule has 0 fully saturated rings. The first-order valence-corrected chi connectivity index (χ1v) is 7.17. The predicted octanol–water partition coefficient (Wildman–Crippen LogP) is 3.02. The Morgan fingerprint density at radius 2 is 1.71 bits per heavy atom. The van der Waals surface area contributed by atoms with Gasteiger partial charge in [0.1, 0.15) is 11.3 Å². The number of esters is 1. The number of rotatable bonds is 4. The highest BCUT2D eigenvalue weighted by Crippen LogP contribution is 2.23. The van der Waals surface area contributed by atoms with Gasteiger partial charge in [0, 0.05) is 11.8 Å². The highest BCUT2D eigenvalue weighted by Gasteiger charge is 2.17. The van der Waals surface area contributed by atoms with E-state index in [1.54, 1.807) is 36.4 Å². The zero-order valence-corrected chi connectivity index (χ0v) is 12.8. The third kappa shape index (κ3) is 2.89. The fourth-order valence-electron chi connectivity index (χ4n) is 2.34. The van der Waals surface area contributed by atoms with E-state index in [0.29, 0.717) is 16.9 Å². The first-order chi connectivity index (χ1) is 11.6. The third-order valence-electron chi connectivity index (χ3n) is 3.54. The SMILES string of the molecule is COC(=O)c1ccc(-n2cc(C(=O)O)c(-c3ccccc3)n2)cc1. The van der Waals surface area contributed by atoms with E-state index in [1.807, 2.05) is 18.2 Å². The maximum Gasteiger partial charge on any atom is 0.339 e. The Bertz CT molecular complexity index is 883. The maximum atomic E-state index is 11.5. The van der Waals surface area contributed by atoms with E-state index < -0.39 is 11.9 Å². The molecular formula is C18H14N2O4. The second kappa shape index (κ2) is 6.37. The van der Waals surface area contributed by atoms with Gasteiger partial charge in [0.2, 0.25) is 0 Å². The van der Waals surface area contributed by atoms with Gasteiger partial charge in [-0.3, -0.25) is 0 Å². The number of nitrogens with zero attached hydrogens (tertiary/aromatic N) is 2. The van der Waals surface area contributed by atoms with Gasteiger partial charge in [-0.2, -0.15) is 5.10 Å². The van der Waals surface area contributed by atoms with Gasteiger partial charge >= 0.3 is 11.9 Å². The van der Waals surface area contributed by atoms with Crippen LogP contribution in [0.25, 0.3) is 16.9 Å². The van der Waals surface area contributed by atoms with E-state index in [4.69, 9.17) is 0 Å². The van der Waals surface area contributed by atoms with Gasteiger partial charge < -0.3 is 9.84 Å². The number of methoxy groups -OCH3 is 1. The Kier molecular flexibility index (Phi) is 4.11. The van der Waals surface area contributed by atoms with Crippen molar-refractivity contribution in [3.05, 3.63) is 71.9 Å². The molecule has 0 saturated carbocycles. The smallest absolute Gasteiger partial charge is 0.339 e. The summed E-state index contributed by atoms with van der Waals surface area (Å²) in [6, 6.07) is 15.7. The first kappa shape index (κ1) is 15.5. The van der Waals surface area contributed by atoms with E-state index in [1.165, 1.54) is 18.0 Å². The minimum atomic E-state index is -1.05. The lowest BCUT2D eigenvalue weighted by molar-refractivity contribution is 0.0600. The first-order valence-electron chi connectivity index (χ1n) is 7.17. The van der Waals surface area contributed by atoms with Crippen LogP contribution in [0.2, 0.25) is 0 Å². The Labute approximate surface area is 137 Å². The van der Waals surface area contributed by atoms with E-state index in [9.17, 15) is 14.7 Å². The number of carbonyl (C=O) groups excluding carboxylic acids is 1. The van der Waals surface area contributed by atoms with Crippen LogP contribution in [0.5, 0.6) is 0 Å². The molecule has 6 nitrogen and oxygen atoms in total. The molecule has 24 heavy (non-hydrogen) atoms. The van der Waals surface area contributed by atoms with Crippen molar-refractivity contribution < 1.29 is 19.4 Å². The number of hydrogen-bond donors (Lipinski definition) is 1. The van der Waals surface area contributed by atoms with E-state index in [-0.39, 0.29) is 5.56 Å². The molecule has 0 bridgehead atoms. The van der Waals surface area contributed by atoms with Gasteiger partial charge in [-0.15, -0.1) is 0 Å². The normalized spacial score (nSPS) is 10.4. The van der Waals surface area contributed by atoms with Gasteiger partial charge in [-0.25, -0.2) is 14.3 Å². The summed E-state index contributed by atoms with van der Waals surface area (Å²) in [5, 5.41) is 13.8. The fourth-order valence-corrected chi connectivity index (χ4v) is 2.34. The topological polar surface area (TPSA) is 81.4 Å². The van der Waals surface area contributed by atoms with E-state index >= 15 is 0 Å². The maximum absolute atomic E-state index is 11.5. The molecule has 2 aromatic carbocycles. The molecule has 1 heterocycles. The molecule has 1 aromatic heterocycles. The van der Waals surface area contributed by atoms with Crippen molar-refractivity contribution >= 4 is 11.9 Å². The summed E-state index contributed by atoms with van der Waals surface area (Å²) in [6.07, 6.45) is 1.46. The number of carboxylic acids is 1. The predicted molar refractivity (Wildman–Crippen MR) is 87.3 cm³/mol. The van der Waals surface area contributed by atoms with E-state index in [2.05, 4.69) is 9.84 Å². The number of hydrogen-bond acceptors (Lipinski definition) is 4. The largest absolute Gasteiger partial charge is 0.478 e. The molecule has 0 atom stereocenters. The van der Waals surface area contributed by atoms with Crippen molar-refractivity contribution in [1.82, 2.24) is 9.78 Å². The van der Waals surface area contributed by atoms with E-state index in [0.717, 1.165) is 5.56 Å². The van der Waals surface area contributed by atoms with Gasteiger partial charge in [0.15, 0.2) is 0 Å². The summed E-state index contributed by atoms with van der Waals surface area (Å²) in [4.78, 5) is 23.0. The molecule has 3 aromatic rings. The van der Waals surface area contributed by atoms with Crippen LogP contribution in [0, 0.1) is 0 Å². The number of carbonyl (C=O) groups is 2. The van der Waals surface area contributed by atoms with Gasteiger partial charge in [0.05, 0.1) is 18.4 Å². The average Bonchev–Trinajstić information content (AvgIpc) is 3.07. The summed E-state index contributed by atoms with van der Waals surface area (Å²) < 4.78 is 6.13. The van der Waals surface area contributed by atoms with Crippen LogP contribution < -0.4 is 0 Å². The molecule has 0 saturated heterocycles. The van der Waals surface area contributed by atoms with Gasteiger partial charge in [-0.05, 0) is 24.3 Å². The van der Waals surface area contributed by atoms with Gasteiger partial charge in [-0.1, -0.05) is 30.3 Å². The molecule has 0 aliphatic heterocycles. The lowest BCUT2D eigenvalue weighted by Gasteiger charge is -2.03. The van der Waals surface area contributed by atoms with Crippen molar-refractivity contribution in [3.63, 3.8) is 0 Å². The Balaban J connectivity index is 2.03. The molecule has 120 valence electrons. The lowest BCUT2D eigenvalue weighted by Crippen LogP contribution is -2.02. The summed E-state index contributed by atoms with van der Waals surface area (Å²) in [5.41, 5.74) is 2.28. The molecule has 6 heteroatoms. The van der Waals surface area contributed by atoms with Crippen molar-refractivity contribution in [2.24, 2.45) is 0 Å². The third-order valence-corrected chi connectivity index (χ3v) is 3.54. The number of ether oxygens (including phenoxy) is 1. The summed E-state index contributed by atoms with van der Waals surface area (Å²) in [6.45, 7) is 0. The second-order valence-corrected chi connectivity index (χ2v) is 5.05. The molecule has 0 spiro atoms. The van der Waals surface area contributed by atoms with Crippen LogP contribution in [-0.2, 0) is 4.74 Å². The number of aromatic nitrogens is 2. The molecule has 0 aliphatic carbocycles. The van der Waals surface area contributed by atoms with Crippen molar-refractivity contribution in [2.45, 2.75) is 0 Å². The second-order valence-electron chi connectivity index (χ2n) is 5.05. The highest BCUT2D eigenvalue weighted by atomic mass is 16.5. The molecule has 0 unspecified atom stereocenters. The summed E-state index contributed by atoms with van der Waals surface area (Å²) >= 11 is 0.